The first-order valence-corrected chi connectivity index (χ1v) is 34.6. The fourth-order valence-electron chi connectivity index (χ4n) is 5.53. The molecule has 458 valence electrons. The van der Waals surface area contributed by atoms with Crippen molar-refractivity contribution >= 4 is 71.8 Å². The van der Waals surface area contributed by atoms with Gasteiger partial charge in [0.15, 0.2) is 0 Å². The Morgan fingerprint density at radius 2 is 0.841 bits per heavy atom. The van der Waals surface area contributed by atoms with Gasteiger partial charge < -0.3 is 30.3 Å². The highest BCUT2D eigenvalue weighted by Gasteiger charge is 2.40. The van der Waals surface area contributed by atoms with Gasteiger partial charge in [0.1, 0.15) is 58.2 Å². The van der Waals surface area contributed by atoms with E-state index in [9.17, 15) is 83.5 Å². The van der Waals surface area contributed by atoms with Gasteiger partial charge in [-0.25, -0.2) is 66.1 Å². The molecule has 0 saturated heterocycles. The zero-order valence-corrected chi connectivity index (χ0v) is 49.2. The molecule has 0 aliphatic rings. The summed E-state index contributed by atoms with van der Waals surface area (Å²) in [6.07, 6.45) is -0.494. The van der Waals surface area contributed by atoms with Crippen molar-refractivity contribution in [2.45, 2.75) is 89.4 Å². The molecule has 0 aromatic heterocycles. The number of carbonyl (C=O) groups is 2. The van der Waals surface area contributed by atoms with Crippen molar-refractivity contribution in [2.75, 3.05) is 37.9 Å². The molecule has 4 atom stereocenters. The Kier molecular flexibility index (Phi) is 29.3. The summed E-state index contributed by atoms with van der Waals surface area (Å²) in [4.78, 5) is 21.7. The molecule has 0 saturated carbocycles. The number of benzene rings is 5. The van der Waals surface area contributed by atoms with Crippen LogP contribution in [0.25, 0.3) is 0 Å². The van der Waals surface area contributed by atoms with Gasteiger partial charge in [-0.05, 0) is 73.0 Å². The maximum atomic E-state index is 13.6. The van der Waals surface area contributed by atoms with Crippen LogP contribution < -0.4 is 0 Å². The minimum Gasteiger partial charge on any atom is -0.448 e. The molecule has 82 heavy (non-hydrogen) atoms. The smallest absolute Gasteiger partial charge is 0.448 e. The summed E-state index contributed by atoms with van der Waals surface area (Å²) in [5.41, 5.74) is -2.40. The number of ether oxygens (including phenoxy) is 1. The van der Waals surface area contributed by atoms with Crippen LogP contribution in [0.3, 0.4) is 0 Å². The van der Waals surface area contributed by atoms with Gasteiger partial charge in [0.05, 0.1) is 83.5 Å². The first kappa shape index (κ1) is 74.7. The number of amides is 2. The summed E-state index contributed by atoms with van der Waals surface area (Å²) >= 11 is 1.25. The molecular formula is C48H54F13N3O12S5Si. The van der Waals surface area contributed by atoms with E-state index in [-0.39, 0.29) is 26.9 Å². The third-order valence-corrected chi connectivity index (χ3v) is 17.8. The van der Waals surface area contributed by atoms with Crippen LogP contribution >= 0.6 is 11.8 Å². The summed E-state index contributed by atoms with van der Waals surface area (Å²) in [6.45, 7) is 2.61. The van der Waals surface area contributed by atoms with Gasteiger partial charge in [-0.1, -0.05) is 19.6 Å². The summed E-state index contributed by atoms with van der Waals surface area (Å²) in [6, 6.07) is 9.22. The Labute approximate surface area is 470 Å². The van der Waals surface area contributed by atoms with Crippen molar-refractivity contribution in [3.63, 3.8) is 0 Å². The van der Waals surface area contributed by atoms with Gasteiger partial charge in [-0.2, -0.15) is 13.2 Å². The quantitative estimate of drug-likeness (QED) is 0.0365. The van der Waals surface area contributed by atoms with Gasteiger partial charge >= 0.3 is 18.2 Å². The molecule has 0 heterocycles. The molecular weight excluding hydrogens is 1250 g/mol. The average molecular weight is 1300 g/mol. The molecule has 0 aliphatic heterocycles. The lowest BCUT2D eigenvalue weighted by atomic mass is 10.2. The zero-order chi connectivity index (χ0) is 63.6. The van der Waals surface area contributed by atoms with E-state index in [0.29, 0.717) is 23.3 Å². The number of aliphatic hydroxyl groups excluding tert-OH is 5. The molecule has 0 bridgehead atoms. The van der Waals surface area contributed by atoms with Gasteiger partial charge in [-0.15, -0.1) is 20.5 Å². The highest BCUT2D eigenvalue weighted by Crippen LogP contribution is 2.26. The van der Waals surface area contributed by atoms with Crippen LogP contribution in [-0.2, 0) is 82.6 Å². The van der Waals surface area contributed by atoms with Crippen molar-refractivity contribution in [3.8, 4) is 0 Å². The van der Waals surface area contributed by atoms with Crippen molar-refractivity contribution in [1.29, 1.82) is 4.78 Å². The van der Waals surface area contributed by atoms with Gasteiger partial charge in [-0.3, -0.25) is 9.00 Å². The summed E-state index contributed by atoms with van der Waals surface area (Å²) in [7, 11) is -13.3. The zero-order valence-electron chi connectivity index (χ0n) is 44.2. The topological polar surface area (TPSA) is 261 Å². The first-order chi connectivity index (χ1) is 37.5. The first-order valence-electron chi connectivity index (χ1n) is 22.3. The Hall–Kier alpha value is -5.30. The van der Waals surface area contributed by atoms with Crippen LogP contribution in [0.5, 0.6) is 0 Å². The second-order valence-corrected chi connectivity index (χ2v) is 32.2. The molecule has 6 N–H and O–H groups in total. The number of halogens is 13. The van der Waals surface area contributed by atoms with Crippen LogP contribution in [0.15, 0.2) is 93.9 Å². The Bertz CT molecular complexity index is 3390. The second kappa shape index (κ2) is 32.1. The van der Waals surface area contributed by atoms with E-state index in [1.807, 2.05) is 0 Å². The average Bonchev–Trinajstić information content (AvgIpc) is 3.33. The minimum atomic E-state index is -5.33. The summed E-state index contributed by atoms with van der Waals surface area (Å²) in [5, 5.41) is 43.3. The molecule has 0 fully saturated rings. The van der Waals surface area contributed by atoms with Crippen molar-refractivity contribution in [2.24, 2.45) is 8.73 Å². The number of hydrogen-bond donors (Lipinski definition) is 6. The monoisotopic (exact) mass is 1300 g/mol. The van der Waals surface area contributed by atoms with E-state index in [4.69, 9.17) is 35.0 Å². The van der Waals surface area contributed by atoms with Gasteiger partial charge in [0.25, 0.3) is 0 Å². The summed E-state index contributed by atoms with van der Waals surface area (Å²) < 4.78 is 232. The molecule has 5 aromatic rings. The molecule has 0 spiro atoms. The van der Waals surface area contributed by atoms with Crippen molar-refractivity contribution < 1.29 is 114 Å². The van der Waals surface area contributed by atoms with Gasteiger partial charge in [0.2, 0.25) is 0 Å². The van der Waals surface area contributed by atoms with Crippen LogP contribution in [-0.4, -0.2) is 107 Å². The van der Waals surface area contributed by atoms with E-state index in [1.165, 1.54) is 30.2 Å². The number of nitrogens with zero attached hydrogens (tertiary/aromatic N) is 2. The number of aliphatic hydroxyl groups is 5. The largest absolute Gasteiger partial charge is 0.474 e. The van der Waals surface area contributed by atoms with E-state index < -0.39 is 185 Å². The standard InChI is InChI=1S/C14H21F2NO4SSi.C10H8F5NO3S.C8H9F2NO2S.C8H8F2O2S.C8H8F2OS/c1-22(20,17-14(19)21-5-6-23(2,3)4)10-7-12(15)11(9-18)13(16)8-10;1-20(19,16-9(18)10(13,14)15)5-2-7(11)6(4-17)8(12)3-5;1-14(11,13)5-2-7(9)6(4-12)8(10)3-5;1-13(12)5-2-7(9)6(4-11)8(10)3-5;1-12-5-2-7(9)6(4-11)8(10)3-5/h7-8,18H,5-6,9H2,1-4H3;2-3,17H,4H2,1H3;2-3,11-12H,4H2,1H3;2-3,11H,4H2,1H3;2-3,11H,4H2,1H3. The van der Waals surface area contributed by atoms with E-state index in [2.05, 4.69) is 28.4 Å². The maximum Gasteiger partial charge on any atom is 0.474 e. The highest BCUT2D eigenvalue weighted by molar-refractivity contribution is 7.98. The third kappa shape index (κ3) is 23.4. The predicted octanol–water partition coefficient (Wildman–Crippen LogP) is 10.3. The fraction of sp³-hybridized carbons (Fsp3) is 0.333. The van der Waals surface area contributed by atoms with Crippen LogP contribution in [0.1, 0.15) is 27.8 Å². The lowest BCUT2D eigenvalue weighted by Gasteiger charge is -2.14. The maximum absolute atomic E-state index is 13.6. The van der Waals surface area contributed by atoms with Crippen molar-refractivity contribution in [1.82, 2.24) is 0 Å². The molecule has 0 aliphatic carbocycles. The van der Waals surface area contributed by atoms with Gasteiger partial charge in [0, 0.05) is 81.5 Å². The van der Waals surface area contributed by atoms with E-state index in [1.54, 1.807) is 6.26 Å². The molecule has 5 aromatic carbocycles. The fourth-order valence-corrected chi connectivity index (χ4v) is 10.1. The SMILES string of the molecule is CS(=N)(=O)c1cc(F)c(CO)c(F)c1.CS(=O)(=NC(=O)C(F)(F)F)c1cc(F)c(CO)c(F)c1.CS(=O)c1cc(F)c(CO)c(F)c1.CSc1cc(F)c(CO)c(F)c1.C[Si](C)(C)CCOC(=O)N=S(C)(=O)c1cc(F)c(CO)c(F)c1. The molecule has 34 heteroatoms. The summed E-state index contributed by atoms with van der Waals surface area (Å²) in [5.74, 6) is -12.4. The number of nitrogens with one attached hydrogen (secondary N) is 1. The highest BCUT2D eigenvalue weighted by atomic mass is 32.2. The molecule has 15 nitrogen and oxygen atoms in total. The number of hydrogen-bond acceptors (Lipinski definition) is 14. The third-order valence-electron chi connectivity index (χ3n) is 10.1. The van der Waals surface area contributed by atoms with Crippen molar-refractivity contribution in [3.05, 3.63) is 147 Å². The van der Waals surface area contributed by atoms with E-state index >= 15 is 0 Å². The molecule has 5 rings (SSSR count). The van der Waals surface area contributed by atoms with Crippen LogP contribution in [0.2, 0.25) is 25.7 Å². The normalized spacial score (nSPS) is 13.7. The second-order valence-electron chi connectivity index (χ2n) is 17.6. The number of alkyl halides is 3. The van der Waals surface area contributed by atoms with Crippen LogP contribution in [0, 0.1) is 63.0 Å². The molecule has 0 radical (unpaired) electrons. The lowest BCUT2D eigenvalue weighted by molar-refractivity contribution is -0.169. The number of thioether (sulfide) groups is 1. The minimum absolute atomic E-state index is 0.0761. The Morgan fingerprint density at radius 1 is 0.561 bits per heavy atom. The number of rotatable bonds is 13. The predicted molar refractivity (Wildman–Crippen MR) is 281 cm³/mol. The Balaban J connectivity index is 0.000000524. The number of carbonyl (C=O) groups excluding carboxylic acids is 2. The molecule has 4 unspecified atom stereocenters. The van der Waals surface area contributed by atoms with Crippen LogP contribution in [0.4, 0.5) is 61.9 Å². The lowest BCUT2D eigenvalue weighted by Crippen LogP contribution is -2.22. The van der Waals surface area contributed by atoms with E-state index in [0.717, 1.165) is 55.0 Å². The molecule has 2 amide bonds. The Morgan fingerprint density at radius 3 is 1.10 bits per heavy atom.